The van der Waals surface area contributed by atoms with E-state index in [1.165, 1.54) is 0 Å². The van der Waals surface area contributed by atoms with Gasteiger partial charge in [0, 0.05) is 24.9 Å². The molecule has 0 aliphatic rings. The molecule has 0 aromatic heterocycles. The Balaban J connectivity index is 3.19. The molecule has 0 saturated carbocycles. The Morgan fingerprint density at radius 2 is 0.795 bits per heavy atom. The lowest BCUT2D eigenvalue weighted by Crippen LogP contribution is -2.40. The van der Waals surface area contributed by atoms with E-state index in [1.54, 1.807) is 0 Å². The van der Waals surface area contributed by atoms with Gasteiger partial charge in [0.05, 0.1) is 92.5 Å². The highest BCUT2D eigenvalue weighted by Crippen LogP contribution is 2.16. The van der Waals surface area contributed by atoms with Crippen LogP contribution in [0.4, 0.5) is 0 Å². The molecule has 0 aliphatic heterocycles. The van der Waals surface area contributed by atoms with E-state index in [0.717, 1.165) is 6.42 Å². The maximum Gasteiger partial charge on any atom is 0.222 e. The minimum atomic E-state index is -0.222. The molecule has 0 radical (unpaired) electrons. The summed E-state index contributed by atoms with van der Waals surface area (Å²) in [5.41, 5.74) is -0.00264. The van der Waals surface area contributed by atoms with Crippen LogP contribution in [-0.4, -0.2) is 116 Å². The predicted octanol–water partition coefficient (Wildman–Crippen LogP) is 2.35. The maximum atomic E-state index is 11.7. The SMILES string of the molecule is CC(C)(C)CCNC(=O)CCOCCOCCOCCOCCOCCOCCOCCC(=O)NC(C)(C)C. The fraction of sp³-hybridized carbons (Fsp3) is 0.929. The van der Waals surface area contributed by atoms with Crippen LogP contribution in [0.2, 0.25) is 0 Å². The third-order valence-electron chi connectivity index (χ3n) is 4.89. The van der Waals surface area contributed by atoms with Crippen LogP contribution in [0, 0.1) is 5.41 Å². The van der Waals surface area contributed by atoms with Crippen LogP contribution in [0.1, 0.15) is 60.8 Å². The number of carbonyl (C=O) groups excluding carboxylic acids is 2. The second-order valence-corrected chi connectivity index (χ2v) is 11.2. The van der Waals surface area contributed by atoms with Crippen molar-refractivity contribution in [2.75, 3.05) is 99.0 Å². The standard InChI is InChI=1S/C28H56N2O9/c1-27(2,3)9-10-29-25(31)7-11-33-13-15-35-17-19-37-21-23-39-24-22-38-20-18-36-16-14-34-12-8-26(32)30-28(4,5)6/h7-24H2,1-6H3,(H,29,31)(H,30,32). The van der Waals surface area contributed by atoms with Gasteiger partial charge in [-0.1, -0.05) is 20.8 Å². The molecule has 0 bridgehead atoms. The Kier molecular flexibility index (Phi) is 23.6. The van der Waals surface area contributed by atoms with Crippen molar-refractivity contribution < 1.29 is 42.7 Å². The second-order valence-electron chi connectivity index (χ2n) is 11.2. The molecule has 0 heterocycles. The van der Waals surface area contributed by atoms with Crippen molar-refractivity contribution >= 4 is 11.8 Å². The van der Waals surface area contributed by atoms with Crippen LogP contribution >= 0.6 is 0 Å². The highest BCUT2D eigenvalue weighted by molar-refractivity contribution is 5.76. The topological polar surface area (TPSA) is 123 Å². The number of hydrogen-bond donors (Lipinski definition) is 2. The summed E-state index contributed by atoms with van der Waals surface area (Å²) in [7, 11) is 0. The van der Waals surface area contributed by atoms with Gasteiger partial charge < -0.3 is 43.8 Å². The normalized spacial score (nSPS) is 12.1. The first-order chi connectivity index (χ1) is 18.5. The minimum absolute atomic E-state index is 0.0149. The third kappa shape index (κ3) is 32.8. The summed E-state index contributed by atoms with van der Waals surface area (Å²) in [6, 6.07) is 0. The van der Waals surface area contributed by atoms with Crippen LogP contribution in [0.25, 0.3) is 0 Å². The van der Waals surface area contributed by atoms with Gasteiger partial charge in [-0.25, -0.2) is 0 Å². The van der Waals surface area contributed by atoms with Crippen LogP contribution < -0.4 is 10.6 Å². The summed E-state index contributed by atoms with van der Waals surface area (Å²) >= 11 is 0. The molecule has 39 heavy (non-hydrogen) atoms. The van der Waals surface area contributed by atoms with Gasteiger partial charge in [0.2, 0.25) is 11.8 Å². The molecule has 2 amide bonds. The Bertz CT molecular complexity index is 593. The largest absolute Gasteiger partial charge is 0.379 e. The third-order valence-corrected chi connectivity index (χ3v) is 4.89. The van der Waals surface area contributed by atoms with E-state index in [-0.39, 0.29) is 22.8 Å². The number of amides is 2. The van der Waals surface area contributed by atoms with Crippen molar-refractivity contribution in [3.63, 3.8) is 0 Å². The van der Waals surface area contributed by atoms with E-state index in [4.69, 9.17) is 33.2 Å². The first kappa shape index (κ1) is 37.7. The number of hydrogen-bond acceptors (Lipinski definition) is 9. The molecular weight excluding hydrogens is 508 g/mol. The van der Waals surface area contributed by atoms with Crippen molar-refractivity contribution in [2.45, 2.75) is 66.3 Å². The van der Waals surface area contributed by atoms with Crippen molar-refractivity contribution in [1.29, 1.82) is 0 Å². The highest BCUT2D eigenvalue weighted by atomic mass is 16.6. The summed E-state index contributed by atoms with van der Waals surface area (Å²) < 4.78 is 38.0. The zero-order valence-electron chi connectivity index (χ0n) is 25.4. The van der Waals surface area contributed by atoms with Gasteiger partial charge >= 0.3 is 0 Å². The maximum absolute atomic E-state index is 11.7. The highest BCUT2D eigenvalue weighted by Gasteiger charge is 2.13. The molecule has 0 aliphatic carbocycles. The summed E-state index contributed by atoms with van der Waals surface area (Å²) in [5, 5.41) is 5.80. The molecule has 0 aromatic carbocycles. The quantitative estimate of drug-likeness (QED) is 0.152. The van der Waals surface area contributed by atoms with Crippen LogP contribution in [0.15, 0.2) is 0 Å². The number of ether oxygens (including phenoxy) is 7. The Labute approximate surface area is 236 Å². The Hall–Kier alpha value is -1.34. The van der Waals surface area contributed by atoms with Crippen molar-refractivity contribution in [3.05, 3.63) is 0 Å². The molecule has 2 N–H and O–H groups in total. The van der Waals surface area contributed by atoms with Gasteiger partial charge in [-0.2, -0.15) is 0 Å². The summed E-state index contributed by atoms with van der Waals surface area (Å²) in [5.74, 6) is 0.00360. The first-order valence-electron chi connectivity index (χ1n) is 14.1. The zero-order chi connectivity index (χ0) is 29.2. The van der Waals surface area contributed by atoms with Gasteiger partial charge in [0.15, 0.2) is 0 Å². The first-order valence-corrected chi connectivity index (χ1v) is 14.1. The molecule has 0 saturated heterocycles. The Morgan fingerprint density at radius 1 is 0.487 bits per heavy atom. The summed E-state index contributed by atoms with van der Waals surface area (Å²) in [6.45, 7) is 19.5. The van der Waals surface area contributed by atoms with E-state index >= 15 is 0 Å². The van der Waals surface area contributed by atoms with Gasteiger partial charge in [0.1, 0.15) is 0 Å². The van der Waals surface area contributed by atoms with E-state index < -0.39 is 0 Å². The minimum Gasteiger partial charge on any atom is -0.379 e. The monoisotopic (exact) mass is 564 g/mol. The Morgan fingerprint density at radius 3 is 1.10 bits per heavy atom. The molecule has 11 heteroatoms. The molecule has 0 rings (SSSR count). The summed E-state index contributed by atoms with van der Waals surface area (Å²) in [4.78, 5) is 23.4. The zero-order valence-corrected chi connectivity index (χ0v) is 25.4. The average molecular weight is 565 g/mol. The fourth-order valence-electron chi connectivity index (χ4n) is 2.90. The van der Waals surface area contributed by atoms with Crippen LogP contribution in [-0.2, 0) is 42.7 Å². The van der Waals surface area contributed by atoms with Crippen molar-refractivity contribution in [3.8, 4) is 0 Å². The van der Waals surface area contributed by atoms with E-state index in [9.17, 15) is 9.59 Å². The van der Waals surface area contributed by atoms with Gasteiger partial charge in [-0.05, 0) is 32.6 Å². The number of nitrogens with one attached hydrogen (secondary N) is 2. The number of rotatable bonds is 26. The van der Waals surface area contributed by atoms with Gasteiger partial charge in [0.25, 0.3) is 0 Å². The summed E-state index contributed by atoms with van der Waals surface area (Å²) in [6.07, 6.45) is 1.66. The lowest BCUT2D eigenvalue weighted by Gasteiger charge is -2.20. The number of carbonyl (C=O) groups is 2. The van der Waals surface area contributed by atoms with E-state index in [0.29, 0.717) is 112 Å². The van der Waals surface area contributed by atoms with E-state index in [1.807, 2.05) is 20.8 Å². The van der Waals surface area contributed by atoms with Crippen molar-refractivity contribution in [1.82, 2.24) is 10.6 Å². The molecule has 232 valence electrons. The molecule has 0 unspecified atom stereocenters. The van der Waals surface area contributed by atoms with Crippen molar-refractivity contribution in [2.24, 2.45) is 5.41 Å². The molecule has 0 atom stereocenters. The molecule has 0 fully saturated rings. The van der Waals surface area contributed by atoms with Gasteiger partial charge in [-0.3, -0.25) is 9.59 Å². The molecule has 11 nitrogen and oxygen atoms in total. The van der Waals surface area contributed by atoms with Crippen LogP contribution in [0.5, 0.6) is 0 Å². The molecule has 0 aromatic rings. The lowest BCUT2D eigenvalue weighted by molar-refractivity contribution is -0.124. The smallest absolute Gasteiger partial charge is 0.222 e. The molecular formula is C28H56N2O9. The predicted molar refractivity (Wildman–Crippen MR) is 150 cm³/mol. The fourth-order valence-corrected chi connectivity index (χ4v) is 2.90. The lowest BCUT2D eigenvalue weighted by atomic mass is 9.92. The average Bonchev–Trinajstić information content (AvgIpc) is 2.82. The van der Waals surface area contributed by atoms with Crippen LogP contribution in [0.3, 0.4) is 0 Å². The van der Waals surface area contributed by atoms with Gasteiger partial charge in [-0.15, -0.1) is 0 Å². The molecule has 0 spiro atoms. The van der Waals surface area contributed by atoms with E-state index in [2.05, 4.69) is 31.4 Å². The second kappa shape index (κ2) is 24.5.